The summed E-state index contributed by atoms with van der Waals surface area (Å²) in [5.74, 6) is -0.599. The summed E-state index contributed by atoms with van der Waals surface area (Å²) in [7, 11) is 0. The number of nitro benzene ring substituents is 1. The van der Waals surface area contributed by atoms with E-state index in [2.05, 4.69) is 12.6 Å². The van der Waals surface area contributed by atoms with Gasteiger partial charge < -0.3 is 15.9 Å². The maximum atomic E-state index is 13.2. The lowest BCUT2D eigenvalue weighted by molar-refractivity contribution is -0.384. The number of anilines is 1. The molecule has 1 aromatic rings. The van der Waals surface area contributed by atoms with Gasteiger partial charge in [-0.1, -0.05) is 0 Å². The van der Waals surface area contributed by atoms with Crippen LogP contribution in [0.25, 0.3) is 0 Å². The molecule has 0 heterocycles. The lowest BCUT2D eigenvalue weighted by Gasteiger charge is -2.18. The average Bonchev–Trinajstić information content (AvgIpc) is 2.30. The first-order valence-electron chi connectivity index (χ1n) is 5.08. The average molecular weight is 276 g/mol. The van der Waals surface area contributed by atoms with Gasteiger partial charge in [0.2, 0.25) is 0 Å². The third kappa shape index (κ3) is 3.09. The molecule has 100 valence electrons. The van der Waals surface area contributed by atoms with E-state index in [1.807, 2.05) is 0 Å². The summed E-state index contributed by atoms with van der Waals surface area (Å²) in [5, 5.41) is 30.0. The van der Waals surface area contributed by atoms with E-state index >= 15 is 0 Å². The van der Waals surface area contributed by atoms with Gasteiger partial charge in [0.25, 0.3) is 5.69 Å². The van der Waals surface area contributed by atoms with Crippen molar-refractivity contribution >= 4 is 24.0 Å². The van der Waals surface area contributed by atoms with Gasteiger partial charge in [0, 0.05) is 5.56 Å². The van der Waals surface area contributed by atoms with Crippen molar-refractivity contribution < 1.29 is 19.5 Å². The molecule has 8 heteroatoms. The Morgan fingerprint density at radius 3 is 2.61 bits per heavy atom. The lowest BCUT2D eigenvalue weighted by Crippen LogP contribution is -2.20. The summed E-state index contributed by atoms with van der Waals surface area (Å²) in [4.78, 5) is 9.80. The van der Waals surface area contributed by atoms with Crippen molar-refractivity contribution in [2.75, 3.05) is 11.5 Å². The van der Waals surface area contributed by atoms with Gasteiger partial charge in [-0.2, -0.15) is 12.6 Å². The molecule has 0 radical (unpaired) electrons. The highest BCUT2D eigenvalue weighted by Crippen LogP contribution is 2.32. The molecule has 6 nitrogen and oxygen atoms in total. The Bertz CT molecular complexity index is 458. The second kappa shape index (κ2) is 5.98. The van der Waals surface area contributed by atoms with E-state index in [0.29, 0.717) is 11.8 Å². The molecule has 2 unspecified atom stereocenters. The molecule has 1 aromatic carbocycles. The number of nitrogen functional groups attached to an aromatic ring is 1. The molecule has 18 heavy (non-hydrogen) atoms. The summed E-state index contributed by atoms with van der Waals surface area (Å²) >= 11 is 3.88. The van der Waals surface area contributed by atoms with Crippen LogP contribution in [0.15, 0.2) is 12.1 Å². The second-order valence-corrected chi connectivity index (χ2v) is 4.16. The number of aliphatic hydroxyl groups is 2. The first-order valence-corrected chi connectivity index (χ1v) is 5.72. The fourth-order valence-corrected chi connectivity index (χ4v) is 1.78. The van der Waals surface area contributed by atoms with Crippen molar-refractivity contribution in [2.45, 2.75) is 18.6 Å². The molecule has 0 aliphatic carbocycles. The molecule has 0 bridgehead atoms. The number of rotatable bonds is 5. The van der Waals surface area contributed by atoms with E-state index < -0.39 is 28.6 Å². The molecule has 0 aliphatic rings. The number of hydrogen-bond donors (Lipinski definition) is 4. The van der Waals surface area contributed by atoms with Crippen molar-refractivity contribution in [3.63, 3.8) is 0 Å². The topological polar surface area (TPSA) is 110 Å². The van der Waals surface area contributed by atoms with Crippen molar-refractivity contribution in [3.05, 3.63) is 33.6 Å². The Kier molecular flexibility index (Phi) is 4.88. The van der Waals surface area contributed by atoms with Crippen LogP contribution in [0, 0.1) is 15.9 Å². The highest BCUT2D eigenvalue weighted by molar-refractivity contribution is 7.80. The quantitative estimate of drug-likeness (QED) is 0.278. The minimum atomic E-state index is -1.49. The number of nitrogens with zero attached hydrogens (tertiary/aromatic N) is 1. The number of aliphatic hydroxyl groups excluding tert-OH is 2. The van der Waals surface area contributed by atoms with Gasteiger partial charge in [-0.25, -0.2) is 4.39 Å². The second-order valence-electron chi connectivity index (χ2n) is 3.71. The fourth-order valence-electron chi connectivity index (χ4n) is 1.52. The highest BCUT2D eigenvalue weighted by Gasteiger charge is 2.25. The zero-order valence-corrected chi connectivity index (χ0v) is 10.2. The Morgan fingerprint density at radius 2 is 2.11 bits per heavy atom. The lowest BCUT2D eigenvalue weighted by atomic mass is 10.00. The monoisotopic (exact) mass is 276 g/mol. The molecular formula is C10H13FN2O4S. The summed E-state index contributed by atoms with van der Waals surface area (Å²) < 4.78 is 13.2. The number of benzene rings is 1. The van der Waals surface area contributed by atoms with Gasteiger partial charge in [-0.15, -0.1) is 0 Å². The van der Waals surface area contributed by atoms with Gasteiger partial charge in [0.1, 0.15) is 17.6 Å². The molecule has 0 amide bonds. The SMILES string of the molecule is Nc1c(C(O)C(O)CCS)cc(F)cc1[N+](=O)[O-]. The standard InChI is InChI=1S/C10H13FN2O4S/c11-5-3-6(10(15)8(14)1-2-18)9(12)7(4-5)13(16)17/h3-4,8,10,14-15,18H,1-2,12H2. The molecule has 0 spiro atoms. The minimum Gasteiger partial charge on any atom is -0.393 e. The fraction of sp³-hybridized carbons (Fsp3) is 0.400. The Morgan fingerprint density at radius 1 is 1.50 bits per heavy atom. The number of halogens is 1. The predicted molar refractivity (Wildman–Crippen MR) is 66.9 cm³/mol. The molecule has 0 fully saturated rings. The maximum Gasteiger partial charge on any atom is 0.295 e. The molecule has 1 rings (SSSR count). The Balaban J connectivity index is 3.19. The molecular weight excluding hydrogens is 263 g/mol. The first kappa shape index (κ1) is 14.7. The third-order valence-corrected chi connectivity index (χ3v) is 2.72. The number of nitro groups is 1. The molecule has 2 atom stereocenters. The first-order chi connectivity index (χ1) is 8.38. The molecule has 0 saturated carbocycles. The minimum absolute atomic E-state index is 0.147. The van der Waals surface area contributed by atoms with Crippen LogP contribution >= 0.6 is 12.6 Å². The largest absolute Gasteiger partial charge is 0.393 e. The zero-order valence-electron chi connectivity index (χ0n) is 9.28. The van der Waals surface area contributed by atoms with Crippen molar-refractivity contribution in [1.29, 1.82) is 0 Å². The summed E-state index contributed by atoms with van der Waals surface area (Å²) in [6.07, 6.45) is -2.56. The van der Waals surface area contributed by atoms with Crippen LogP contribution < -0.4 is 5.73 Å². The summed E-state index contributed by atoms with van der Waals surface area (Å²) in [5.41, 5.74) is 4.30. The Hall–Kier alpha value is -1.38. The van der Waals surface area contributed by atoms with E-state index in [-0.39, 0.29) is 17.7 Å². The van der Waals surface area contributed by atoms with Gasteiger partial charge in [0.15, 0.2) is 0 Å². The molecule has 0 saturated heterocycles. The molecule has 4 N–H and O–H groups in total. The van der Waals surface area contributed by atoms with Crippen molar-refractivity contribution in [3.8, 4) is 0 Å². The van der Waals surface area contributed by atoms with Crippen LogP contribution in [0.5, 0.6) is 0 Å². The van der Waals surface area contributed by atoms with Crippen LogP contribution in [0.3, 0.4) is 0 Å². The van der Waals surface area contributed by atoms with E-state index in [1.54, 1.807) is 0 Å². The van der Waals surface area contributed by atoms with Crippen LogP contribution in [-0.2, 0) is 0 Å². The van der Waals surface area contributed by atoms with E-state index in [0.717, 1.165) is 6.07 Å². The van der Waals surface area contributed by atoms with E-state index in [1.165, 1.54) is 0 Å². The predicted octanol–water partition coefficient (Wildman–Crippen LogP) is 1.03. The Labute approximate surface area is 108 Å². The van der Waals surface area contributed by atoms with Crippen LogP contribution in [-0.4, -0.2) is 27.0 Å². The summed E-state index contributed by atoms with van der Waals surface area (Å²) in [6.45, 7) is 0. The zero-order chi connectivity index (χ0) is 13.9. The van der Waals surface area contributed by atoms with Gasteiger partial charge in [-0.05, 0) is 18.2 Å². The molecule has 0 aliphatic heterocycles. The maximum absolute atomic E-state index is 13.2. The third-order valence-electron chi connectivity index (χ3n) is 2.46. The summed E-state index contributed by atoms with van der Waals surface area (Å²) in [6, 6.07) is 1.53. The van der Waals surface area contributed by atoms with Crippen molar-refractivity contribution in [2.24, 2.45) is 0 Å². The number of hydrogen-bond acceptors (Lipinski definition) is 6. The number of thiol groups is 1. The van der Waals surface area contributed by atoms with Crippen LogP contribution in [0.1, 0.15) is 18.1 Å². The normalized spacial score (nSPS) is 14.2. The highest BCUT2D eigenvalue weighted by atomic mass is 32.1. The molecule has 0 aromatic heterocycles. The smallest absolute Gasteiger partial charge is 0.295 e. The van der Waals surface area contributed by atoms with Gasteiger partial charge >= 0.3 is 0 Å². The van der Waals surface area contributed by atoms with Gasteiger partial charge in [-0.3, -0.25) is 10.1 Å². The van der Waals surface area contributed by atoms with E-state index in [9.17, 15) is 24.7 Å². The van der Waals surface area contributed by atoms with Crippen LogP contribution in [0.4, 0.5) is 15.8 Å². The van der Waals surface area contributed by atoms with Crippen molar-refractivity contribution in [1.82, 2.24) is 0 Å². The van der Waals surface area contributed by atoms with E-state index in [4.69, 9.17) is 5.73 Å². The number of nitrogens with two attached hydrogens (primary N) is 1. The van der Waals surface area contributed by atoms with Crippen LogP contribution in [0.2, 0.25) is 0 Å². The van der Waals surface area contributed by atoms with Gasteiger partial charge in [0.05, 0.1) is 17.1 Å².